The van der Waals surface area contributed by atoms with Crippen LogP contribution in [0.15, 0.2) is 30.3 Å². The minimum absolute atomic E-state index is 0. The number of nitrogens with zero attached hydrogens (tertiary/aromatic N) is 1. The molecule has 4 heteroatoms. The Morgan fingerprint density at radius 2 is 1.95 bits per heavy atom. The lowest BCUT2D eigenvalue weighted by Gasteiger charge is -2.25. The molecule has 1 unspecified atom stereocenters. The lowest BCUT2D eigenvalue weighted by molar-refractivity contribution is -0.135. The molecule has 1 amide bonds. The van der Waals surface area contributed by atoms with Crippen molar-refractivity contribution in [3.8, 4) is 0 Å². The van der Waals surface area contributed by atoms with Crippen LogP contribution < -0.4 is 5.73 Å². The molecule has 2 N–H and O–H groups in total. The standard InChI is InChI=1S/C15H24N2O.ClH/c1-3-13(2)15(18)17(11-7-10-16)12-14-8-5-4-6-9-14;/h4-6,8-9,13H,3,7,10-12,16H2,1-2H3;1H. The Labute approximate surface area is 122 Å². The van der Waals surface area contributed by atoms with E-state index < -0.39 is 0 Å². The number of hydrogen-bond donors (Lipinski definition) is 1. The maximum atomic E-state index is 12.3. The second kappa shape index (κ2) is 9.82. The van der Waals surface area contributed by atoms with E-state index in [-0.39, 0.29) is 24.2 Å². The largest absolute Gasteiger partial charge is 0.338 e. The van der Waals surface area contributed by atoms with Gasteiger partial charge in [0.1, 0.15) is 0 Å². The number of halogens is 1. The Bertz CT molecular complexity index is 356. The summed E-state index contributed by atoms with van der Waals surface area (Å²) in [6.45, 7) is 6.09. The van der Waals surface area contributed by atoms with Crippen LogP contribution in [0.1, 0.15) is 32.3 Å². The summed E-state index contributed by atoms with van der Waals surface area (Å²) >= 11 is 0. The molecule has 0 aliphatic rings. The molecule has 0 spiro atoms. The first kappa shape index (κ1) is 17.9. The summed E-state index contributed by atoms with van der Waals surface area (Å²) in [6.07, 6.45) is 1.74. The van der Waals surface area contributed by atoms with E-state index in [4.69, 9.17) is 5.73 Å². The first-order valence-corrected chi connectivity index (χ1v) is 6.71. The quantitative estimate of drug-likeness (QED) is 0.837. The third kappa shape index (κ3) is 6.08. The third-order valence-corrected chi connectivity index (χ3v) is 3.19. The first-order chi connectivity index (χ1) is 8.69. The van der Waals surface area contributed by atoms with E-state index in [0.29, 0.717) is 13.1 Å². The summed E-state index contributed by atoms with van der Waals surface area (Å²) in [5, 5.41) is 0. The van der Waals surface area contributed by atoms with Crippen LogP contribution in [-0.4, -0.2) is 23.9 Å². The fourth-order valence-corrected chi connectivity index (χ4v) is 1.84. The number of rotatable bonds is 7. The Morgan fingerprint density at radius 3 is 2.47 bits per heavy atom. The Balaban J connectivity index is 0.00000324. The van der Waals surface area contributed by atoms with Crippen LogP contribution in [0.5, 0.6) is 0 Å². The van der Waals surface area contributed by atoms with Crippen molar-refractivity contribution in [2.75, 3.05) is 13.1 Å². The highest BCUT2D eigenvalue weighted by Crippen LogP contribution is 2.11. The van der Waals surface area contributed by atoms with E-state index in [1.165, 1.54) is 5.56 Å². The van der Waals surface area contributed by atoms with Crippen molar-refractivity contribution in [2.45, 2.75) is 33.2 Å². The molecule has 0 saturated carbocycles. The molecule has 1 rings (SSSR count). The van der Waals surface area contributed by atoms with Gasteiger partial charge in [0.05, 0.1) is 0 Å². The van der Waals surface area contributed by atoms with Gasteiger partial charge < -0.3 is 10.6 Å². The van der Waals surface area contributed by atoms with Gasteiger partial charge in [-0.25, -0.2) is 0 Å². The summed E-state index contributed by atoms with van der Waals surface area (Å²) in [6, 6.07) is 10.1. The second-order valence-electron chi connectivity index (χ2n) is 4.70. The first-order valence-electron chi connectivity index (χ1n) is 6.71. The Kier molecular flexibility index (Phi) is 9.27. The van der Waals surface area contributed by atoms with E-state index in [1.54, 1.807) is 0 Å². The molecular formula is C15H25ClN2O. The zero-order valence-electron chi connectivity index (χ0n) is 11.8. The highest BCUT2D eigenvalue weighted by molar-refractivity contribution is 5.85. The van der Waals surface area contributed by atoms with Gasteiger partial charge in [-0.3, -0.25) is 4.79 Å². The van der Waals surface area contributed by atoms with Crippen LogP contribution in [0.2, 0.25) is 0 Å². The summed E-state index contributed by atoms with van der Waals surface area (Å²) in [4.78, 5) is 14.2. The van der Waals surface area contributed by atoms with E-state index in [0.717, 1.165) is 19.4 Å². The van der Waals surface area contributed by atoms with Crippen molar-refractivity contribution in [2.24, 2.45) is 11.7 Å². The van der Waals surface area contributed by atoms with Gasteiger partial charge in [0.25, 0.3) is 0 Å². The number of hydrogen-bond acceptors (Lipinski definition) is 2. The number of carbonyl (C=O) groups excluding carboxylic acids is 1. The van der Waals surface area contributed by atoms with Crippen LogP contribution in [0, 0.1) is 5.92 Å². The molecule has 0 heterocycles. The molecule has 0 saturated heterocycles. The lowest BCUT2D eigenvalue weighted by Crippen LogP contribution is -2.36. The van der Waals surface area contributed by atoms with Gasteiger partial charge in [0, 0.05) is 19.0 Å². The van der Waals surface area contributed by atoms with Crippen LogP contribution in [0.3, 0.4) is 0 Å². The van der Waals surface area contributed by atoms with Gasteiger partial charge >= 0.3 is 0 Å². The van der Waals surface area contributed by atoms with Crippen molar-refractivity contribution in [3.63, 3.8) is 0 Å². The molecule has 0 aromatic heterocycles. The number of benzene rings is 1. The molecule has 1 aromatic rings. The average Bonchev–Trinajstić information content (AvgIpc) is 2.42. The van der Waals surface area contributed by atoms with Gasteiger partial charge in [-0.1, -0.05) is 44.2 Å². The smallest absolute Gasteiger partial charge is 0.225 e. The van der Waals surface area contributed by atoms with E-state index >= 15 is 0 Å². The minimum Gasteiger partial charge on any atom is -0.338 e. The predicted octanol–water partition coefficient (Wildman–Crippen LogP) is 2.83. The summed E-state index contributed by atoms with van der Waals surface area (Å²) < 4.78 is 0. The molecule has 0 radical (unpaired) electrons. The van der Waals surface area contributed by atoms with Crippen LogP contribution >= 0.6 is 12.4 Å². The van der Waals surface area contributed by atoms with Crippen molar-refractivity contribution < 1.29 is 4.79 Å². The summed E-state index contributed by atoms with van der Waals surface area (Å²) in [5.41, 5.74) is 6.71. The summed E-state index contributed by atoms with van der Waals surface area (Å²) in [5.74, 6) is 0.321. The van der Waals surface area contributed by atoms with Gasteiger partial charge in [0.15, 0.2) is 0 Å². The Hall–Kier alpha value is -1.06. The van der Waals surface area contributed by atoms with Crippen LogP contribution in [0.4, 0.5) is 0 Å². The number of amides is 1. The molecule has 3 nitrogen and oxygen atoms in total. The van der Waals surface area contributed by atoms with Crippen LogP contribution in [0.25, 0.3) is 0 Å². The third-order valence-electron chi connectivity index (χ3n) is 3.19. The number of carbonyl (C=O) groups is 1. The molecule has 0 aliphatic carbocycles. The molecule has 1 atom stereocenters. The molecule has 108 valence electrons. The zero-order chi connectivity index (χ0) is 13.4. The molecule has 1 aromatic carbocycles. The second-order valence-corrected chi connectivity index (χ2v) is 4.70. The van der Waals surface area contributed by atoms with Crippen molar-refractivity contribution >= 4 is 18.3 Å². The highest BCUT2D eigenvalue weighted by Gasteiger charge is 2.18. The minimum atomic E-state index is 0. The maximum absolute atomic E-state index is 12.3. The Morgan fingerprint density at radius 1 is 1.32 bits per heavy atom. The normalized spacial score (nSPS) is 11.5. The van der Waals surface area contributed by atoms with Crippen molar-refractivity contribution in [1.82, 2.24) is 4.90 Å². The van der Waals surface area contributed by atoms with E-state index in [9.17, 15) is 4.79 Å². The van der Waals surface area contributed by atoms with E-state index in [2.05, 4.69) is 12.1 Å². The monoisotopic (exact) mass is 284 g/mol. The molecule has 19 heavy (non-hydrogen) atoms. The lowest BCUT2D eigenvalue weighted by atomic mass is 10.1. The zero-order valence-corrected chi connectivity index (χ0v) is 12.7. The van der Waals surface area contributed by atoms with Crippen LogP contribution in [-0.2, 0) is 11.3 Å². The average molecular weight is 285 g/mol. The fourth-order valence-electron chi connectivity index (χ4n) is 1.84. The molecule has 0 aliphatic heterocycles. The molecule has 0 bridgehead atoms. The molecular weight excluding hydrogens is 260 g/mol. The van der Waals surface area contributed by atoms with Gasteiger partial charge in [-0.15, -0.1) is 12.4 Å². The highest BCUT2D eigenvalue weighted by atomic mass is 35.5. The summed E-state index contributed by atoms with van der Waals surface area (Å²) in [7, 11) is 0. The predicted molar refractivity (Wildman–Crippen MR) is 82.2 cm³/mol. The van der Waals surface area contributed by atoms with Gasteiger partial charge in [-0.2, -0.15) is 0 Å². The van der Waals surface area contributed by atoms with Gasteiger partial charge in [0.2, 0.25) is 5.91 Å². The fraction of sp³-hybridized carbons (Fsp3) is 0.533. The molecule has 0 fully saturated rings. The number of nitrogens with two attached hydrogens (primary N) is 1. The van der Waals surface area contributed by atoms with E-state index in [1.807, 2.05) is 36.9 Å². The van der Waals surface area contributed by atoms with Crippen molar-refractivity contribution in [3.05, 3.63) is 35.9 Å². The van der Waals surface area contributed by atoms with Crippen molar-refractivity contribution in [1.29, 1.82) is 0 Å². The topological polar surface area (TPSA) is 46.3 Å². The van der Waals surface area contributed by atoms with Gasteiger partial charge in [-0.05, 0) is 24.9 Å². The maximum Gasteiger partial charge on any atom is 0.225 e. The SMILES string of the molecule is CCC(C)C(=O)N(CCCN)Cc1ccccc1.Cl.